The van der Waals surface area contributed by atoms with Gasteiger partial charge in [-0.1, -0.05) is 0 Å². The van der Waals surface area contributed by atoms with Crippen molar-refractivity contribution in [2.24, 2.45) is 0 Å². The molecule has 0 bridgehead atoms. The van der Waals surface area contributed by atoms with Crippen LogP contribution in [0.4, 0.5) is 0 Å². The summed E-state index contributed by atoms with van der Waals surface area (Å²) in [7, 11) is 2.23. The molecule has 0 aromatic rings. The van der Waals surface area contributed by atoms with Gasteiger partial charge in [0.05, 0.1) is 0 Å². The molecule has 15 heavy (non-hydrogen) atoms. The molecule has 0 unspecified atom stereocenters. The van der Waals surface area contributed by atoms with E-state index in [1.807, 2.05) is 12.2 Å². The largest absolute Gasteiger partial charge is 1.00 e. The standard InChI is InChI=1S/C8H13O3Si.2ClH.Hf/c1-9-12(10-2,11-3)8-6-4-5-7-8;;;/h4,6H,5H2,1-3H3;2*1H;/q-1;;;/p-2. The minimum absolute atomic E-state index is 0. The molecule has 0 saturated heterocycles. The molecule has 0 aromatic carbocycles. The molecule has 88 valence electrons. The molecule has 0 heterocycles. The molecule has 0 aromatic heterocycles. The summed E-state index contributed by atoms with van der Waals surface area (Å²) in [4.78, 5) is 0. The van der Waals surface area contributed by atoms with E-state index in [1.54, 1.807) is 21.3 Å². The van der Waals surface area contributed by atoms with Crippen molar-refractivity contribution >= 4 is 8.80 Å². The monoisotopic (exact) mass is 435 g/mol. The van der Waals surface area contributed by atoms with Crippen LogP contribution >= 0.6 is 0 Å². The number of allylic oxidation sites excluding steroid dienone is 4. The molecule has 0 atom stereocenters. The van der Waals surface area contributed by atoms with Crippen LogP contribution in [0.2, 0.25) is 0 Å². The van der Waals surface area contributed by atoms with Crippen LogP contribution in [0.25, 0.3) is 0 Å². The summed E-state index contributed by atoms with van der Waals surface area (Å²) in [5.41, 5.74) is 0. The van der Waals surface area contributed by atoms with E-state index in [9.17, 15) is 0 Å². The van der Waals surface area contributed by atoms with E-state index in [2.05, 4.69) is 6.08 Å². The first-order valence-electron chi connectivity index (χ1n) is 3.72. The van der Waals surface area contributed by atoms with Gasteiger partial charge in [0, 0.05) is 47.2 Å². The van der Waals surface area contributed by atoms with Crippen molar-refractivity contribution in [1.82, 2.24) is 0 Å². The molecular formula is C8H13Cl2HfO3Si-3. The first-order chi connectivity index (χ1) is 5.79. The van der Waals surface area contributed by atoms with Crippen LogP contribution in [-0.4, -0.2) is 30.1 Å². The van der Waals surface area contributed by atoms with Crippen molar-refractivity contribution in [2.45, 2.75) is 6.42 Å². The van der Waals surface area contributed by atoms with Crippen molar-refractivity contribution in [3.8, 4) is 0 Å². The minimum Gasteiger partial charge on any atom is -1.00 e. The Labute approximate surface area is 123 Å². The Bertz CT molecular complexity index is 212. The first-order valence-corrected chi connectivity index (χ1v) is 5.45. The Morgan fingerprint density at radius 2 is 1.60 bits per heavy atom. The third kappa shape index (κ3) is 4.81. The second-order valence-electron chi connectivity index (χ2n) is 2.37. The van der Waals surface area contributed by atoms with Crippen molar-refractivity contribution < 1.29 is 63.9 Å². The van der Waals surface area contributed by atoms with E-state index in [-0.39, 0.29) is 50.7 Å². The molecule has 1 aliphatic carbocycles. The van der Waals surface area contributed by atoms with Gasteiger partial charge in [0.1, 0.15) is 0 Å². The Kier molecular flexibility index (Phi) is 14.5. The fourth-order valence-corrected chi connectivity index (χ4v) is 3.00. The maximum atomic E-state index is 5.26. The molecule has 0 aliphatic heterocycles. The summed E-state index contributed by atoms with van der Waals surface area (Å²) in [6.45, 7) is 0. The van der Waals surface area contributed by atoms with Gasteiger partial charge in [-0.05, 0) is 0 Å². The molecule has 3 nitrogen and oxygen atoms in total. The third-order valence-corrected chi connectivity index (χ3v) is 4.45. The molecule has 1 aliphatic rings. The summed E-state index contributed by atoms with van der Waals surface area (Å²) in [5.74, 6) is 0. The van der Waals surface area contributed by atoms with Gasteiger partial charge < -0.3 is 38.1 Å². The zero-order valence-electron chi connectivity index (χ0n) is 8.84. The quantitative estimate of drug-likeness (QED) is 0.328. The van der Waals surface area contributed by atoms with Gasteiger partial charge in [-0.25, -0.2) is 6.08 Å². The van der Waals surface area contributed by atoms with E-state index in [4.69, 9.17) is 13.3 Å². The molecule has 1 rings (SSSR count). The van der Waals surface area contributed by atoms with E-state index >= 15 is 0 Å². The van der Waals surface area contributed by atoms with Gasteiger partial charge in [0.15, 0.2) is 0 Å². The van der Waals surface area contributed by atoms with Gasteiger partial charge >= 0.3 is 8.80 Å². The number of halogens is 2. The zero-order valence-corrected chi connectivity index (χ0v) is 14.9. The topological polar surface area (TPSA) is 27.7 Å². The smallest absolute Gasteiger partial charge is 0.498 e. The van der Waals surface area contributed by atoms with Gasteiger partial charge in [-0.3, -0.25) is 6.08 Å². The molecule has 0 amide bonds. The Hall–Kier alpha value is 1.03. The second-order valence-corrected chi connectivity index (χ2v) is 5.24. The van der Waals surface area contributed by atoms with E-state index in [0.29, 0.717) is 0 Å². The van der Waals surface area contributed by atoms with Crippen LogP contribution < -0.4 is 24.8 Å². The third-order valence-electron chi connectivity index (χ3n) is 1.83. The van der Waals surface area contributed by atoms with E-state index in [0.717, 1.165) is 11.6 Å². The minimum atomic E-state index is -2.57. The van der Waals surface area contributed by atoms with Crippen molar-refractivity contribution in [1.29, 1.82) is 0 Å². The van der Waals surface area contributed by atoms with Gasteiger partial charge in [0.2, 0.25) is 0 Å². The van der Waals surface area contributed by atoms with Crippen LogP contribution in [0.5, 0.6) is 0 Å². The fraction of sp³-hybridized carbons (Fsp3) is 0.500. The SMILES string of the molecule is CO[Si](OC)(OC)C1=[C-]CC=C1.[Cl-].[Cl-].[Hf]. The molecule has 0 fully saturated rings. The maximum Gasteiger partial charge on any atom is 0.498 e. The van der Waals surface area contributed by atoms with Crippen LogP contribution in [0.3, 0.4) is 0 Å². The predicted molar refractivity (Wildman–Crippen MR) is 47.3 cm³/mol. The first kappa shape index (κ1) is 21.3. The van der Waals surface area contributed by atoms with E-state index in [1.165, 1.54) is 0 Å². The summed E-state index contributed by atoms with van der Waals surface area (Å²) in [6.07, 6.45) is 7.92. The Morgan fingerprint density at radius 3 is 1.87 bits per heavy atom. The second kappa shape index (κ2) is 10.2. The summed E-state index contributed by atoms with van der Waals surface area (Å²) < 4.78 is 15.8. The van der Waals surface area contributed by atoms with Crippen LogP contribution in [-0.2, 0) is 39.1 Å². The van der Waals surface area contributed by atoms with Gasteiger partial charge in [-0.15, -0.1) is 6.42 Å². The Morgan fingerprint density at radius 1 is 1.13 bits per heavy atom. The number of hydrogen-bond acceptors (Lipinski definition) is 3. The summed E-state index contributed by atoms with van der Waals surface area (Å²) in [6, 6.07) is 0. The van der Waals surface area contributed by atoms with Crippen molar-refractivity contribution in [3.63, 3.8) is 0 Å². The average Bonchev–Trinajstić information content (AvgIpc) is 2.62. The Balaban J connectivity index is -0.000000480. The molecule has 7 heteroatoms. The predicted octanol–water partition coefficient (Wildman–Crippen LogP) is -4.90. The number of rotatable bonds is 4. The molecular weight excluding hydrogens is 422 g/mol. The zero-order chi connectivity index (χ0) is 9.03. The van der Waals surface area contributed by atoms with Gasteiger partial charge in [0.25, 0.3) is 0 Å². The molecule has 0 spiro atoms. The van der Waals surface area contributed by atoms with E-state index < -0.39 is 8.80 Å². The molecule has 0 saturated carbocycles. The molecule has 0 radical (unpaired) electrons. The summed E-state index contributed by atoms with van der Waals surface area (Å²) >= 11 is 0. The van der Waals surface area contributed by atoms with Crippen LogP contribution in [0.15, 0.2) is 17.3 Å². The maximum absolute atomic E-state index is 5.26. The van der Waals surface area contributed by atoms with Crippen molar-refractivity contribution in [2.75, 3.05) is 21.3 Å². The molecule has 0 N–H and O–H groups in total. The number of hydrogen-bond donors (Lipinski definition) is 0. The van der Waals surface area contributed by atoms with Crippen LogP contribution in [0.1, 0.15) is 6.42 Å². The van der Waals surface area contributed by atoms with Gasteiger partial charge in [-0.2, -0.15) is 11.3 Å². The average molecular weight is 435 g/mol. The normalized spacial score (nSPS) is 13.4. The van der Waals surface area contributed by atoms with Crippen molar-refractivity contribution in [3.05, 3.63) is 23.4 Å². The van der Waals surface area contributed by atoms with Crippen LogP contribution in [0, 0.1) is 6.08 Å². The fourth-order valence-electron chi connectivity index (χ4n) is 1.19. The summed E-state index contributed by atoms with van der Waals surface area (Å²) in [5, 5.41) is 0.926.